The van der Waals surface area contributed by atoms with Crippen LogP contribution in [0.2, 0.25) is 5.02 Å². The summed E-state index contributed by atoms with van der Waals surface area (Å²) in [7, 11) is 0. The third kappa shape index (κ3) is 3.48. The molecule has 0 saturated carbocycles. The van der Waals surface area contributed by atoms with Crippen LogP contribution in [0.25, 0.3) is 11.4 Å². The van der Waals surface area contributed by atoms with Crippen LogP contribution >= 0.6 is 11.6 Å². The van der Waals surface area contributed by atoms with Gasteiger partial charge in [0.25, 0.3) is 5.91 Å². The van der Waals surface area contributed by atoms with Gasteiger partial charge in [-0.3, -0.25) is 4.79 Å². The van der Waals surface area contributed by atoms with Crippen LogP contribution in [-0.4, -0.2) is 28.5 Å². The Bertz CT molecular complexity index is 978. The second-order valence-corrected chi connectivity index (χ2v) is 6.52. The van der Waals surface area contributed by atoms with E-state index in [0.29, 0.717) is 18.0 Å². The molecular formula is C20H15ClFN3O2. The van der Waals surface area contributed by atoms with Gasteiger partial charge in [-0.25, -0.2) is 14.4 Å². The second-order valence-electron chi connectivity index (χ2n) is 6.12. The van der Waals surface area contributed by atoms with E-state index in [1.54, 1.807) is 18.5 Å². The highest BCUT2D eigenvalue weighted by Crippen LogP contribution is 2.37. The lowest BCUT2D eigenvalue weighted by Crippen LogP contribution is -2.35. The van der Waals surface area contributed by atoms with Crippen molar-refractivity contribution in [1.82, 2.24) is 15.3 Å². The molecule has 1 aromatic heterocycles. The Morgan fingerprint density at radius 1 is 1.19 bits per heavy atom. The molecule has 0 radical (unpaired) electrons. The van der Waals surface area contributed by atoms with Crippen LogP contribution in [-0.2, 0) is 6.42 Å². The first-order valence-corrected chi connectivity index (χ1v) is 8.79. The van der Waals surface area contributed by atoms with Gasteiger partial charge in [0.05, 0.1) is 22.7 Å². The molecule has 136 valence electrons. The molecule has 0 saturated heterocycles. The summed E-state index contributed by atoms with van der Waals surface area (Å²) in [6, 6.07) is 11.7. The van der Waals surface area contributed by atoms with Gasteiger partial charge in [0.1, 0.15) is 17.7 Å². The van der Waals surface area contributed by atoms with Gasteiger partial charge < -0.3 is 10.1 Å². The Hall–Kier alpha value is -2.99. The van der Waals surface area contributed by atoms with Crippen LogP contribution in [0.1, 0.15) is 15.9 Å². The molecule has 1 N–H and O–H groups in total. The average Bonchev–Trinajstić information content (AvgIpc) is 3.10. The fourth-order valence-corrected chi connectivity index (χ4v) is 3.32. The Labute approximate surface area is 160 Å². The minimum atomic E-state index is -0.654. The number of carbonyl (C=O) groups is 1. The van der Waals surface area contributed by atoms with Gasteiger partial charge >= 0.3 is 0 Å². The predicted octanol–water partition coefficient (Wildman–Crippen LogP) is 3.67. The number of hydrogen-bond donors (Lipinski definition) is 1. The zero-order chi connectivity index (χ0) is 18.8. The number of carbonyl (C=O) groups excluding carboxylic acids is 1. The van der Waals surface area contributed by atoms with Gasteiger partial charge in [-0.05, 0) is 29.8 Å². The third-order valence-corrected chi connectivity index (χ3v) is 4.63. The molecule has 4 rings (SSSR count). The van der Waals surface area contributed by atoms with Gasteiger partial charge in [-0.2, -0.15) is 0 Å². The number of hydrogen-bond acceptors (Lipinski definition) is 4. The summed E-state index contributed by atoms with van der Waals surface area (Å²) in [6.45, 7) is 0.229. The van der Waals surface area contributed by atoms with Gasteiger partial charge in [-0.1, -0.05) is 29.8 Å². The third-order valence-electron chi connectivity index (χ3n) is 4.32. The minimum Gasteiger partial charge on any atom is -0.487 e. The monoisotopic (exact) mass is 383 g/mol. The van der Waals surface area contributed by atoms with Gasteiger partial charge in [0, 0.05) is 18.8 Å². The molecule has 0 spiro atoms. The molecule has 7 heteroatoms. The maximum absolute atomic E-state index is 13.9. The Morgan fingerprint density at radius 3 is 2.74 bits per heavy atom. The molecule has 3 aromatic rings. The van der Waals surface area contributed by atoms with E-state index >= 15 is 0 Å². The standard InChI is InChI=1S/C20H15ClFN3O2/c21-15-6-2-7-16(22)17(15)20(26)25-11-13-10-12-4-1-5-14(18(12)27-13)19-23-8-3-9-24-19/h1-9,13H,10-11H2,(H,25,26). The molecule has 0 fully saturated rings. The Kier molecular flexibility index (Phi) is 4.73. The number of halogens is 2. The van der Waals surface area contributed by atoms with E-state index in [0.717, 1.165) is 11.1 Å². The lowest BCUT2D eigenvalue weighted by Gasteiger charge is -2.14. The first-order chi connectivity index (χ1) is 13.1. The summed E-state index contributed by atoms with van der Waals surface area (Å²) in [5.41, 5.74) is 1.66. The van der Waals surface area contributed by atoms with E-state index in [9.17, 15) is 9.18 Å². The molecule has 1 atom stereocenters. The predicted molar refractivity (Wildman–Crippen MR) is 99.3 cm³/mol. The molecule has 0 bridgehead atoms. The summed E-state index contributed by atoms with van der Waals surface area (Å²) in [4.78, 5) is 20.8. The van der Waals surface area contributed by atoms with Crippen LogP contribution in [0.4, 0.5) is 4.39 Å². The highest BCUT2D eigenvalue weighted by molar-refractivity contribution is 6.33. The van der Waals surface area contributed by atoms with Crippen molar-refractivity contribution in [3.8, 4) is 17.1 Å². The molecule has 2 heterocycles. The highest BCUT2D eigenvalue weighted by Gasteiger charge is 2.27. The van der Waals surface area contributed by atoms with Crippen molar-refractivity contribution >= 4 is 17.5 Å². The largest absolute Gasteiger partial charge is 0.487 e. The van der Waals surface area contributed by atoms with E-state index in [4.69, 9.17) is 16.3 Å². The van der Waals surface area contributed by atoms with Crippen LogP contribution in [0.5, 0.6) is 5.75 Å². The normalized spacial score (nSPS) is 15.1. The molecular weight excluding hydrogens is 369 g/mol. The summed E-state index contributed by atoms with van der Waals surface area (Å²) >= 11 is 5.94. The zero-order valence-electron chi connectivity index (χ0n) is 14.2. The number of ether oxygens (including phenoxy) is 1. The number of aromatic nitrogens is 2. The number of nitrogens with zero attached hydrogens (tertiary/aromatic N) is 2. The summed E-state index contributed by atoms with van der Waals surface area (Å²) in [5, 5.41) is 2.77. The smallest absolute Gasteiger partial charge is 0.255 e. The SMILES string of the molecule is O=C(NCC1Cc2cccc(-c3ncccn3)c2O1)c1c(F)cccc1Cl. The van der Waals surface area contributed by atoms with Crippen molar-refractivity contribution in [1.29, 1.82) is 0 Å². The molecule has 1 aliphatic rings. The van der Waals surface area contributed by atoms with E-state index < -0.39 is 11.7 Å². The molecule has 1 amide bonds. The first kappa shape index (κ1) is 17.4. The fourth-order valence-electron chi connectivity index (χ4n) is 3.08. The van der Waals surface area contributed by atoms with Crippen molar-refractivity contribution in [2.24, 2.45) is 0 Å². The van der Waals surface area contributed by atoms with Crippen LogP contribution < -0.4 is 10.1 Å². The number of nitrogens with one attached hydrogen (secondary N) is 1. The molecule has 27 heavy (non-hydrogen) atoms. The van der Waals surface area contributed by atoms with Crippen LogP contribution in [0, 0.1) is 5.82 Å². The van der Waals surface area contributed by atoms with Crippen molar-refractivity contribution in [2.45, 2.75) is 12.5 Å². The molecule has 1 aliphatic heterocycles. The zero-order valence-corrected chi connectivity index (χ0v) is 14.9. The lowest BCUT2D eigenvalue weighted by molar-refractivity contribution is 0.0930. The van der Waals surface area contributed by atoms with Crippen molar-refractivity contribution in [2.75, 3.05) is 6.54 Å². The Morgan fingerprint density at radius 2 is 1.96 bits per heavy atom. The van der Waals surface area contributed by atoms with Crippen molar-refractivity contribution < 1.29 is 13.9 Å². The van der Waals surface area contributed by atoms with Crippen molar-refractivity contribution in [3.63, 3.8) is 0 Å². The van der Waals surface area contributed by atoms with Gasteiger partial charge in [0.2, 0.25) is 0 Å². The van der Waals surface area contributed by atoms with Crippen LogP contribution in [0.3, 0.4) is 0 Å². The number of benzene rings is 2. The topological polar surface area (TPSA) is 64.1 Å². The van der Waals surface area contributed by atoms with E-state index in [-0.39, 0.29) is 23.2 Å². The van der Waals surface area contributed by atoms with Gasteiger partial charge in [0.15, 0.2) is 5.82 Å². The first-order valence-electron chi connectivity index (χ1n) is 8.41. The summed E-state index contributed by atoms with van der Waals surface area (Å²) < 4.78 is 19.9. The fraction of sp³-hybridized carbons (Fsp3) is 0.150. The summed E-state index contributed by atoms with van der Waals surface area (Å²) in [6.07, 6.45) is 3.71. The van der Waals surface area contributed by atoms with E-state index in [1.807, 2.05) is 18.2 Å². The molecule has 2 aromatic carbocycles. The minimum absolute atomic E-state index is 0.0756. The molecule has 0 aliphatic carbocycles. The van der Waals surface area contributed by atoms with E-state index in [2.05, 4.69) is 15.3 Å². The summed E-state index contributed by atoms with van der Waals surface area (Å²) in [5.74, 6) is 0.0764. The number of para-hydroxylation sites is 1. The number of fused-ring (bicyclic) bond motifs is 1. The maximum Gasteiger partial charge on any atom is 0.255 e. The van der Waals surface area contributed by atoms with E-state index in [1.165, 1.54) is 18.2 Å². The maximum atomic E-state index is 13.9. The van der Waals surface area contributed by atoms with Crippen molar-refractivity contribution in [3.05, 3.63) is 76.8 Å². The quantitative estimate of drug-likeness (QED) is 0.746. The Balaban J connectivity index is 1.47. The highest BCUT2D eigenvalue weighted by atomic mass is 35.5. The lowest BCUT2D eigenvalue weighted by atomic mass is 10.1. The molecule has 1 unspecified atom stereocenters. The second kappa shape index (κ2) is 7.32. The van der Waals surface area contributed by atoms with Gasteiger partial charge in [-0.15, -0.1) is 0 Å². The van der Waals surface area contributed by atoms with Crippen LogP contribution in [0.15, 0.2) is 54.9 Å². The number of amides is 1. The molecule has 5 nitrogen and oxygen atoms in total. The number of rotatable bonds is 4. The average molecular weight is 384 g/mol.